The van der Waals surface area contributed by atoms with E-state index in [1.165, 1.54) is 7.11 Å². The first-order chi connectivity index (χ1) is 11.4. The van der Waals surface area contributed by atoms with Crippen molar-refractivity contribution < 1.29 is 17.9 Å². The van der Waals surface area contributed by atoms with E-state index in [9.17, 15) is 13.2 Å². The van der Waals surface area contributed by atoms with Gasteiger partial charge in [-0.05, 0) is 24.3 Å². The molecule has 24 heavy (non-hydrogen) atoms. The minimum Gasteiger partial charge on any atom is -0.494 e. The van der Waals surface area contributed by atoms with Crippen LogP contribution in [0.2, 0.25) is 0 Å². The van der Waals surface area contributed by atoms with Crippen molar-refractivity contribution in [3.8, 4) is 5.75 Å². The van der Waals surface area contributed by atoms with Crippen molar-refractivity contribution in [2.24, 2.45) is 7.05 Å². The Morgan fingerprint density at radius 3 is 2.88 bits per heavy atom. The molecule has 130 valence electrons. The molecule has 0 saturated carbocycles. The molecule has 2 aromatic rings. The van der Waals surface area contributed by atoms with Crippen molar-refractivity contribution >= 4 is 33.1 Å². The van der Waals surface area contributed by atoms with Crippen molar-refractivity contribution in [1.82, 2.24) is 14.5 Å². The van der Waals surface area contributed by atoms with E-state index >= 15 is 0 Å². The van der Waals surface area contributed by atoms with Crippen molar-refractivity contribution in [3.63, 3.8) is 0 Å². The SMILES string of the molecule is COc1ccsc1S(=O)(=O)NC1CCCN(c2ccnn2C)C1=O. The number of aromatic nitrogens is 2. The molecule has 1 fully saturated rings. The highest BCUT2D eigenvalue weighted by Gasteiger charge is 2.35. The number of piperidine rings is 1. The average Bonchev–Trinajstić information content (AvgIpc) is 3.18. The lowest BCUT2D eigenvalue weighted by molar-refractivity contribution is -0.121. The first-order valence-electron chi connectivity index (χ1n) is 7.37. The zero-order chi connectivity index (χ0) is 17.3. The largest absolute Gasteiger partial charge is 0.494 e. The maximum Gasteiger partial charge on any atom is 0.254 e. The Kier molecular flexibility index (Phi) is 4.61. The monoisotopic (exact) mass is 370 g/mol. The number of nitrogens with zero attached hydrogens (tertiary/aromatic N) is 3. The molecular weight excluding hydrogens is 352 g/mol. The number of rotatable bonds is 5. The molecule has 8 nitrogen and oxygen atoms in total. The summed E-state index contributed by atoms with van der Waals surface area (Å²) in [5, 5.41) is 5.70. The van der Waals surface area contributed by atoms with Crippen LogP contribution in [0.5, 0.6) is 5.75 Å². The van der Waals surface area contributed by atoms with Gasteiger partial charge >= 0.3 is 0 Å². The average molecular weight is 370 g/mol. The highest BCUT2D eigenvalue weighted by Crippen LogP contribution is 2.30. The number of methoxy groups -OCH3 is 1. The van der Waals surface area contributed by atoms with Gasteiger partial charge in [0.1, 0.15) is 17.6 Å². The summed E-state index contributed by atoms with van der Waals surface area (Å²) in [6.45, 7) is 0.541. The Morgan fingerprint density at radius 2 is 2.21 bits per heavy atom. The molecule has 1 aliphatic rings. The van der Waals surface area contributed by atoms with E-state index in [1.54, 1.807) is 40.3 Å². The molecule has 1 N–H and O–H groups in total. The van der Waals surface area contributed by atoms with E-state index in [-0.39, 0.29) is 15.9 Å². The first-order valence-corrected chi connectivity index (χ1v) is 9.73. The Bertz CT molecular complexity index is 843. The van der Waals surface area contributed by atoms with Crippen molar-refractivity contribution in [2.75, 3.05) is 18.6 Å². The minimum atomic E-state index is -3.82. The molecule has 3 heterocycles. The Balaban J connectivity index is 1.82. The number of ether oxygens (including phenoxy) is 1. The number of hydrogen-bond acceptors (Lipinski definition) is 6. The van der Waals surface area contributed by atoms with Crippen molar-refractivity contribution in [3.05, 3.63) is 23.7 Å². The highest BCUT2D eigenvalue weighted by molar-refractivity contribution is 7.91. The van der Waals surface area contributed by atoms with Gasteiger partial charge in [0.2, 0.25) is 5.91 Å². The zero-order valence-electron chi connectivity index (χ0n) is 13.3. The van der Waals surface area contributed by atoms with E-state index in [1.807, 2.05) is 0 Å². The number of thiophene rings is 1. The van der Waals surface area contributed by atoms with E-state index in [0.29, 0.717) is 25.2 Å². The summed E-state index contributed by atoms with van der Waals surface area (Å²) < 4.78 is 34.4. The fraction of sp³-hybridized carbons (Fsp3) is 0.429. The standard InChI is InChI=1S/C14H18N4O4S2/c1-17-12(5-7-15-17)18-8-3-4-10(13(18)19)16-24(20,21)14-11(22-2)6-9-23-14/h5-7,9-10,16H,3-4,8H2,1-2H3. The molecule has 0 aromatic carbocycles. The normalized spacial score (nSPS) is 18.8. The van der Waals surface area contributed by atoms with E-state index < -0.39 is 16.1 Å². The zero-order valence-corrected chi connectivity index (χ0v) is 14.9. The van der Waals surface area contributed by atoms with Crippen molar-refractivity contribution in [1.29, 1.82) is 0 Å². The molecule has 1 amide bonds. The van der Waals surface area contributed by atoms with Crippen LogP contribution in [0.25, 0.3) is 0 Å². The van der Waals surface area contributed by atoms with Crippen LogP contribution < -0.4 is 14.4 Å². The third-order valence-corrected chi connectivity index (χ3v) is 6.79. The van der Waals surface area contributed by atoms with Gasteiger partial charge in [0.05, 0.1) is 13.3 Å². The van der Waals surface area contributed by atoms with Gasteiger partial charge in [0.25, 0.3) is 10.0 Å². The molecule has 1 unspecified atom stereocenters. The number of carbonyl (C=O) groups excluding carboxylic acids is 1. The number of anilines is 1. The number of nitrogens with one attached hydrogen (secondary N) is 1. The molecule has 2 aromatic heterocycles. The number of aryl methyl sites for hydroxylation is 1. The van der Waals surface area contributed by atoms with Crippen LogP contribution in [0.3, 0.4) is 0 Å². The Hall–Kier alpha value is -1.91. The number of carbonyl (C=O) groups is 1. The third kappa shape index (κ3) is 3.04. The molecular formula is C14H18N4O4S2. The van der Waals surface area contributed by atoms with Crippen molar-refractivity contribution in [2.45, 2.75) is 23.1 Å². The van der Waals surface area contributed by atoms with E-state index in [4.69, 9.17) is 4.74 Å². The van der Waals surface area contributed by atoms with E-state index in [2.05, 4.69) is 9.82 Å². The minimum absolute atomic E-state index is 0.0791. The third-order valence-electron chi connectivity index (χ3n) is 3.87. The maximum atomic E-state index is 12.7. The molecule has 0 aliphatic carbocycles. The lowest BCUT2D eigenvalue weighted by atomic mass is 10.1. The summed E-state index contributed by atoms with van der Waals surface area (Å²) in [6, 6.07) is 2.52. The molecule has 0 spiro atoms. The van der Waals surface area contributed by atoms with Crippen LogP contribution in [0.1, 0.15) is 12.8 Å². The maximum absolute atomic E-state index is 12.7. The van der Waals surface area contributed by atoms with Gasteiger partial charge in [-0.2, -0.15) is 9.82 Å². The highest BCUT2D eigenvalue weighted by atomic mass is 32.2. The summed E-state index contributed by atoms with van der Waals surface area (Å²) in [6.07, 6.45) is 2.76. The molecule has 1 saturated heterocycles. The van der Waals surface area contributed by atoms with Gasteiger partial charge in [-0.3, -0.25) is 14.4 Å². The van der Waals surface area contributed by atoms with Gasteiger partial charge in [-0.15, -0.1) is 11.3 Å². The van der Waals surface area contributed by atoms with Crippen LogP contribution in [-0.4, -0.2) is 43.8 Å². The number of sulfonamides is 1. The summed E-state index contributed by atoms with van der Waals surface area (Å²) in [7, 11) is -0.664. The Morgan fingerprint density at radius 1 is 1.42 bits per heavy atom. The predicted octanol–water partition coefficient (Wildman–Crippen LogP) is 0.964. The molecule has 0 radical (unpaired) electrons. The fourth-order valence-corrected chi connectivity index (χ4v) is 5.23. The molecule has 0 bridgehead atoms. The lowest BCUT2D eigenvalue weighted by Gasteiger charge is -2.32. The van der Waals surface area contributed by atoms with Gasteiger partial charge in [0, 0.05) is 19.7 Å². The smallest absolute Gasteiger partial charge is 0.254 e. The summed E-state index contributed by atoms with van der Waals surface area (Å²) in [4.78, 5) is 14.3. The predicted molar refractivity (Wildman–Crippen MR) is 89.8 cm³/mol. The second kappa shape index (κ2) is 6.54. The summed E-state index contributed by atoms with van der Waals surface area (Å²) in [5.74, 6) is 0.654. The van der Waals surface area contributed by atoms with Gasteiger partial charge in [0.15, 0.2) is 4.21 Å². The van der Waals surface area contributed by atoms with Crippen LogP contribution >= 0.6 is 11.3 Å². The molecule has 1 aliphatic heterocycles. The summed E-state index contributed by atoms with van der Waals surface area (Å²) >= 11 is 1.06. The van der Waals surface area contributed by atoms with Gasteiger partial charge < -0.3 is 4.74 Å². The van der Waals surface area contributed by atoms with Gasteiger partial charge in [-0.25, -0.2) is 8.42 Å². The van der Waals surface area contributed by atoms with Crippen LogP contribution in [0.4, 0.5) is 5.82 Å². The van der Waals surface area contributed by atoms with Crippen LogP contribution in [0.15, 0.2) is 27.9 Å². The summed E-state index contributed by atoms with van der Waals surface area (Å²) in [5.41, 5.74) is 0. The number of hydrogen-bond donors (Lipinski definition) is 1. The second-order valence-corrected chi connectivity index (χ2v) is 8.22. The molecule has 1 atom stereocenters. The first kappa shape index (κ1) is 16.9. The fourth-order valence-electron chi connectivity index (χ4n) is 2.72. The molecule has 3 rings (SSSR count). The quantitative estimate of drug-likeness (QED) is 0.846. The Labute approximate surface area is 144 Å². The lowest BCUT2D eigenvalue weighted by Crippen LogP contribution is -2.52. The van der Waals surface area contributed by atoms with Gasteiger partial charge in [-0.1, -0.05) is 0 Å². The number of amides is 1. The van der Waals surface area contributed by atoms with Crippen LogP contribution in [0, 0.1) is 0 Å². The topological polar surface area (TPSA) is 93.5 Å². The van der Waals surface area contributed by atoms with E-state index in [0.717, 1.165) is 11.3 Å². The molecule has 10 heteroatoms. The van der Waals surface area contributed by atoms with Crippen LogP contribution in [-0.2, 0) is 21.9 Å². The second-order valence-electron chi connectivity index (χ2n) is 5.40.